The van der Waals surface area contributed by atoms with Crippen molar-refractivity contribution < 1.29 is 13.2 Å². The van der Waals surface area contributed by atoms with Crippen LogP contribution in [0.15, 0.2) is 23.3 Å². The summed E-state index contributed by atoms with van der Waals surface area (Å²) in [5.74, 6) is 1.62. The lowest BCUT2D eigenvalue weighted by atomic mass is 10.2. The average Bonchev–Trinajstić information content (AvgIpc) is 2.89. The van der Waals surface area contributed by atoms with Crippen LogP contribution in [0.3, 0.4) is 0 Å². The Bertz CT molecular complexity index is 629. The van der Waals surface area contributed by atoms with Crippen LogP contribution in [0.5, 0.6) is 5.88 Å². The lowest BCUT2D eigenvalue weighted by molar-refractivity contribution is 0.305. The van der Waals surface area contributed by atoms with Crippen molar-refractivity contribution in [3.05, 3.63) is 23.9 Å². The minimum atomic E-state index is -2.90. The van der Waals surface area contributed by atoms with Gasteiger partial charge in [-0.25, -0.2) is 13.4 Å². The highest BCUT2D eigenvalue weighted by Gasteiger charge is 2.28. The van der Waals surface area contributed by atoms with Crippen LogP contribution in [-0.4, -0.2) is 50.6 Å². The van der Waals surface area contributed by atoms with Gasteiger partial charge in [0.2, 0.25) is 5.88 Å². The van der Waals surface area contributed by atoms with Gasteiger partial charge in [-0.3, -0.25) is 4.99 Å². The standard InChI is InChI=1S/C15H24N4O3S/c1-3-7-22-14-5-4-12(9-17-14)10-18-15(16-2)19-13-6-8-23(20,21)11-13/h4-5,9,13H,3,6-8,10-11H2,1-2H3,(H2,16,18,19). The molecule has 1 unspecified atom stereocenters. The molecule has 0 aromatic carbocycles. The Balaban J connectivity index is 1.81. The van der Waals surface area contributed by atoms with E-state index in [1.807, 2.05) is 19.1 Å². The van der Waals surface area contributed by atoms with Gasteiger partial charge >= 0.3 is 0 Å². The Hall–Kier alpha value is -1.83. The topological polar surface area (TPSA) is 92.7 Å². The fraction of sp³-hybridized carbons (Fsp3) is 0.600. The molecule has 1 aliphatic rings. The zero-order chi connectivity index (χ0) is 16.7. The molecule has 2 N–H and O–H groups in total. The first-order valence-corrected chi connectivity index (χ1v) is 9.60. The van der Waals surface area contributed by atoms with Gasteiger partial charge in [0.05, 0.1) is 18.1 Å². The molecule has 1 aromatic rings. The normalized spacial score (nSPS) is 20.3. The van der Waals surface area contributed by atoms with Crippen molar-refractivity contribution in [1.29, 1.82) is 0 Å². The van der Waals surface area contributed by atoms with Crippen molar-refractivity contribution in [2.45, 2.75) is 32.4 Å². The number of aliphatic imine (C=N–C) groups is 1. The molecular weight excluding hydrogens is 316 g/mol. The van der Waals surface area contributed by atoms with E-state index >= 15 is 0 Å². The largest absolute Gasteiger partial charge is 0.478 e. The third-order valence-corrected chi connectivity index (χ3v) is 5.28. The molecule has 0 saturated carbocycles. The van der Waals surface area contributed by atoms with E-state index in [0.717, 1.165) is 12.0 Å². The van der Waals surface area contributed by atoms with Gasteiger partial charge in [-0.05, 0) is 18.4 Å². The predicted molar refractivity (Wildman–Crippen MR) is 90.4 cm³/mol. The average molecular weight is 340 g/mol. The smallest absolute Gasteiger partial charge is 0.213 e. The van der Waals surface area contributed by atoms with E-state index in [-0.39, 0.29) is 17.5 Å². The van der Waals surface area contributed by atoms with E-state index in [1.54, 1.807) is 13.2 Å². The molecule has 0 spiro atoms. The van der Waals surface area contributed by atoms with Crippen molar-refractivity contribution in [2.75, 3.05) is 25.2 Å². The molecule has 128 valence electrons. The molecule has 2 heterocycles. The second kappa shape index (κ2) is 8.14. The number of aromatic nitrogens is 1. The molecule has 1 saturated heterocycles. The second-order valence-electron chi connectivity index (χ2n) is 5.52. The maximum Gasteiger partial charge on any atom is 0.213 e. The van der Waals surface area contributed by atoms with Gasteiger partial charge in [0, 0.05) is 31.9 Å². The number of sulfone groups is 1. The highest BCUT2D eigenvalue weighted by atomic mass is 32.2. The third kappa shape index (κ3) is 5.70. The zero-order valence-electron chi connectivity index (χ0n) is 13.6. The molecule has 1 fully saturated rings. The molecule has 2 rings (SSSR count). The van der Waals surface area contributed by atoms with Crippen molar-refractivity contribution >= 4 is 15.8 Å². The van der Waals surface area contributed by atoms with Crippen LogP contribution >= 0.6 is 0 Å². The monoisotopic (exact) mass is 340 g/mol. The second-order valence-corrected chi connectivity index (χ2v) is 7.75. The van der Waals surface area contributed by atoms with Crippen LogP contribution < -0.4 is 15.4 Å². The van der Waals surface area contributed by atoms with Gasteiger partial charge in [0.25, 0.3) is 0 Å². The number of nitrogens with one attached hydrogen (secondary N) is 2. The summed E-state index contributed by atoms with van der Waals surface area (Å²) in [5, 5.41) is 6.31. The minimum absolute atomic E-state index is 0.0749. The van der Waals surface area contributed by atoms with E-state index in [0.29, 0.717) is 31.4 Å². The first-order valence-electron chi connectivity index (χ1n) is 7.77. The lowest BCUT2D eigenvalue weighted by Crippen LogP contribution is -2.43. The number of nitrogens with zero attached hydrogens (tertiary/aromatic N) is 2. The highest BCUT2D eigenvalue weighted by molar-refractivity contribution is 7.91. The van der Waals surface area contributed by atoms with E-state index in [2.05, 4.69) is 20.6 Å². The molecule has 1 atom stereocenters. The fourth-order valence-corrected chi connectivity index (χ4v) is 3.96. The van der Waals surface area contributed by atoms with E-state index in [9.17, 15) is 8.42 Å². The Morgan fingerprint density at radius 2 is 2.30 bits per heavy atom. The molecule has 7 nitrogen and oxygen atoms in total. The SMILES string of the molecule is CCCOc1ccc(CNC(=NC)NC2CCS(=O)(=O)C2)cn1. The number of hydrogen-bond acceptors (Lipinski definition) is 5. The lowest BCUT2D eigenvalue weighted by Gasteiger charge is -2.16. The fourth-order valence-electron chi connectivity index (χ4n) is 2.29. The summed E-state index contributed by atoms with van der Waals surface area (Å²) < 4.78 is 28.4. The molecular formula is C15H24N4O3S. The molecule has 1 aliphatic heterocycles. The van der Waals surface area contributed by atoms with Gasteiger partial charge in [0.1, 0.15) is 0 Å². The van der Waals surface area contributed by atoms with Crippen LogP contribution in [0.4, 0.5) is 0 Å². The number of hydrogen-bond donors (Lipinski definition) is 2. The van der Waals surface area contributed by atoms with Gasteiger partial charge in [0.15, 0.2) is 15.8 Å². The number of pyridine rings is 1. The summed E-state index contributed by atoms with van der Waals surface area (Å²) in [4.78, 5) is 8.37. The summed E-state index contributed by atoms with van der Waals surface area (Å²) in [6.45, 7) is 3.26. The zero-order valence-corrected chi connectivity index (χ0v) is 14.4. The first kappa shape index (κ1) is 17.5. The Labute approximate surface area is 137 Å². The number of ether oxygens (including phenoxy) is 1. The Kier molecular flexibility index (Phi) is 6.20. The van der Waals surface area contributed by atoms with E-state index in [1.165, 1.54) is 0 Å². The quantitative estimate of drug-likeness (QED) is 0.586. The maximum atomic E-state index is 11.5. The molecule has 23 heavy (non-hydrogen) atoms. The predicted octanol–water partition coefficient (Wildman–Crippen LogP) is 0.723. The minimum Gasteiger partial charge on any atom is -0.478 e. The van der Waals surface area contributed by atoms with Crippen molar-refractivity contribution in [3.63, 3.8) is 0 Å². The van der Waals surface area contributed by atoms with Crippen LogP contribution in [0.2, 0.25) is 0 Å². The summed E-state index contributed by atoms with van der Waals surface area (Å²) >= 11 is 0. The van der Waals surface area contributed by atoms with E-state index in [4.69, 9.17) is 4.74 Å². The third-order valence-electron chi connectivity index (χ3n) is 3.51. The van der Waals surface area contributed by atoms with E-state index < -0.39 is 9.84 Å². The van der Waals surface area contributed by atoms with Crippen LogP contribution in [-0.2, 0) is 16.4 Å². The maximum absolute atomic E-state index is 11.5. The van der Waals surface area contributed by atoms with Crippen molar-refractivity contribution in [1.82, 2.24) is 15.6 Å². The van der Waals surface area contributed by atoms with Gasteiger partial charge < -0.3 is 15.4 Å². The Morgan fingerprint density at radius 3 is 2.87 bits per heavy atom. The summed E-state index contributed by atoms with van der Waals surface area (Å²) in [6.07, 6.45) is 3.32. The molecule has 0 amide bonds. The molecule has 0 radical (unpaired) electrons. The Morgan fingerprint density at radius 1 is 1.48 bits per heavy atom. The summed E-state index contributed by atoms with van der Waals surface area (Å²) in [5.41, 5.74) is 0.996. The molecule has 0 bridgehead atoms. The van der Waals surface area contributed by atoms with Gasteiger partial charge in [-0.1, -0.05) is 13.0 Å². The highest BCUT2D eigenvalue weighted by Crippen LogP contribution is 2.11. The number of rotatable bonds is 6. The van der Waals surface area contributed by atoms with Crippen LogP contribution in [0.1, 0.15) is 25.3 Å². The molecule has 0 aliphatic carbocycles. The first-order chi connectivity index (χ1) is 11.0. The molecule has 8 heteroatoms. The molecule has 1 aromatic heterocycles. The van der Waals surface area contributed by atoms with Crippen molar-refractivity contribution in [2.24, 2.45) is 4.99 Å². The van der Waals surface area contributed by atoms with Gasteiger partial charge in [-0.15, -0.1) is 0 Å². The van der Waals surface area contributed by atoms with Gasteiger partial charge in [-0.2, -0.15) is 0 Å². The summed E-state index contributed by atoms with van der Waals surface area (Å²) in [6, 6.07) is 3.71. The summed E-state index contributed by atoms with van der Waals surface area (Å²) in [7, 11) is -1.23. The number of guanidine groups is 1. The van der Waals surface area contributed by atoms with Crippen LogP contribution in [0, 0.1) is 0 Å². The van der Waals surface area contributed by atoms with Crippen LogP contribution in [0.25, 0.3) is 0 Å². The van der Waals surface area contributed by atoms with Crippen molar-refractivity contribution in [3.8, 4) is 5.88 Å².